The van der Waals surface area contributed by atoms with E-state index in [1.54, 1.807) is 30.4 Å². The lowest BCUT2D eigenvalue weighted by Crippen LogP contribution is -2.10. The molecule has 0 aliphatic carbocycles. The van der Waals surface area contributed by atoms with Crippen LogP contribution in [-0.2, 0) is 16.3 Å². The molecule has 3 nitrogen and oxygen atoms in total. The maximum absolute atomic E-state index is 12.0. The van der Waals surface area contributed by atoms with Crippen LogP contribution in [0, 0.1) is 0 Å². The SMILES string of the molecule is CCS(=O)(=O)c1ccccc1NCCc1cccs1. The van der Waals surface area contributed by atoms with Gasteiger partial charge in [0.2, 0.25) is 0 Å². The minimum absolute atomic E-state index is 0.122. The first-order chi connectivity index (χ1) is 9.13. The second-order valence-electron chi connectivity index (χ2n) is 4.16. The molecule has 0 saturated carbocycles. The first-order valence-corrected chi connectivity index (χ1v) is 8.74. The second kappa shape index (κ2) is 6.21. The van der Waals surface area contributed by atoms with Crippen LogP contribution in [0.3, 0.4) is 0 Å². The smallest absolute Gasteiger partial charge is 0.180 e. The van der Waals surface area contributed by atoms with Crippen molar-refractivity contribution in [3.05, 3.63) is 46.7 Å². The van der Waals surface area contributed by atoms with Crippen LogP contribution in [0.2, 0.25) is 0 Å². The Morgan fingerprint density at radius 1 is 1.16 bits per heavy atom. The van der Waals surface area contributed by atoms with Gasteiger partial charge in [-0.3, -0.25) is 0 Å². The largest absolute Gasteiger partial charge is 0.384 e. The molecule has 0 saturated heterocycles. The topological polar surface area (TPSA) is 46.2 Å². The highest BCUT2D eigenvalue weighted by Gasteiger charge is 2.15. The van der Waals surface area contributed by atoms with Gasteiger partial charge in [0.1, 0.15) is 0 Å². The molecule has 0 radical (unpaired) electrons. The van der Waals surface area contributed by atoms with Gasteiger partial charge in [0.15, 0.2) is 9.84 Å². The molecule has 2 aromatic rings. The zero-order chi connectivity index (χ0) is 13.7. The lowest BCUT2D eigenvalue weighted by Gasteiger charge is -2.11. The third-order valence-corrected chi connectivity index (χ3v) is 5.59. The number of rotatable bonds is 6. The maximum atomic E-state index is 12.0. The van der Waals surface area contributed by atoms with Gasteiger partial charge in [-0.25, -0.2) is 8.42 Å². The van der Waals surface area contributed by atoms with E-state index in [0.717, 1.165) is 13.0 Å². The maximum Gasteiger partial charge on any atom is 0.180 e. The minimum Gasteiger partial charge on any atom is -0.384 e. The van der Waals surface area contributed by atoms with E-state index in [4.69, 9.17) is 0 Å². The average Bonchev–Trinajstić information content (AvgIpc) is 2.92. The molecule has 0 aliphatic heterocycles. The fourth-order valence-electron chi connectivity index (χ4n) is 1.81. The highest BCUT2D eigenvalue weighted by Crippen LogP contribution is 2.22. The third kappa shape index (κ3) is 3.58. The molecule has 0 atom stereocenters. The van der Waals surface area contributed by atoms with E-state index < -0.39 is 9.84 Å². The highest BCUT2D eigenvalue weighted by atomic mass is 32.2. The Morgan fingerprint density at radius 3 is 2.63 bits per heavy atom. The quantitative estimate of drug-likeness (QED) is 0.890. The number of anilines is 1. The summed E-state index contributed by atoms with van der Waals surface area (Å²) in [6, 6.07) is 11.2. The molecule has 1 heterocycles. The van der Waals surface area contributed by atoms with E-state index in [1.165, 1.54) is 4.88 Å². The van der Waals surface area contributed by atoms with Crippen LogP contribution >= 0.6 is 11.3 Å². The molecule has 1 aromatic carbocycles. The molecule has 0 aliphatic rings. The number of hydrogen-bond donors (Lipinski definition) is 1. The van der Waals surface area contributed by atoms with Crippen molar-refractivity contribution in [2.75, 3.05) is 17.6 Å². The zero-order valence-electron chi connectivity index (χ0n) is 10.8. The van der Waals surface area contributed by atoms with Gasteiger partial charge in [-0.05, 0) is 30.0 Å². The third-order valence-electron chi connectivity index (χ3n) is 2.87. The van der Waals surface area contributed by atoms with Crippen LogP contribution < -0.4 is 5.32 Å². The van der Waals surface area contributed by atoms with Gasteiger partial charge >= 0.3 is 0 Å². The Hall–Kier alpha value is -1.33. The van der Waals surface area contributed by atoms with E-state index in [-0.39, 0.29) is 5.75 Å². The van der Waals surface area contributed by atoms with E-state index in [0.29, 0.717) is 10.6 Å². The molecule has 0 spiro atoms. The molecular formula is C14H17NO2S2. The van der Waals surface area contributed by atoms with Gasteiger partial charge in [-0.1, -0.05) is 25.1 Å². The fraction of sp³-hybridized carbons (Fsp3) is 0.286. The molecule has 0 unspecified atom stereocenters. The number of para-hydroxylation sites is 1. The monoisotopic (exact) mass is 295 g/mol. The van der Waals surface area contributed by atoms with Gasteiger partial charge in [0.25, 0.3) is 0 Å². The van der Waals surface area contributed by atoms with Crippen LogP contribution in [0.25, 0.3) is 0 Å². The summed E-state index contributed by atoms with van der Waals surface area (Å²) in [5, 5.41) is 5.27. The van der Waals surface area contributed by atoms with Crippen molar-refractivity contribution >= 4 is 26.9 Å². The fourth-order valence-corrected chi connectivity index (χ4v) is 3.60. The molecule has 0 amide bonds. The number of sulfone groups is 1. The Labute approximate surface area is 118 Å². The van der Waals surface area contributed by atoms with E-state index >= 15 is 0 Å². The average molecular weight is 295 g/mol. The van der Waals surface area contributed by atoms with Crippen LogP contribution in [0.5, 0.6) is 0 Å². The van der Waals surface area contributed by atoms with Gasteiger partial charge in [0, 0.05) is 11.4 Å². The molecule has 5 heteroatoms. The zero-order valence-corrected chi connectivity index (χ0v) is 12.4. The van der Waals surface area contributed by atoms with Gasteiger partial charge in [-0.15, -0.1) is 11.3 Å². The lowest BCUT2D eigenvalue weighted by molar-refractivity contribution is 0.597. The molecule has 19 heavy (non-hydrogen) atoms. The van der Waals surface area contributed by atoms with Crippen LogP contribution in [0.1, 0.15) is 11.8 Å². The molecular weight excluding hydrogens is 278 g/mol. The summed E-state index contributed by atoms with van der Waals surface area (Å²) in [6.45, 7) is 2.40. The normalized spacial score (nSPS) is 11.4. The minimum atomic E-state index is -3.17. The predicted octanol–water partition coefficient (Wildman–Crippen LogP) is 3.20. The lowest BCUT2D eigenvalue weighted by atomic mass is 10.3. The standard InChI is InChI=1S/C14H17NO2S2/c1-2-19(16,17)14-8-4-3-7-13(14)15-10-9-12-6-5-11-18-12/h3-8,11,15H,2,9-10H2,1H3. The summed E-state index contributed by atoms with van der Waals surface area (Å²) in [5.41, 5.74) is 0.695. The molecule has 1 N–H and O–H groups in total. The Bertz CT molecular complexity index is 619. The number of hydrogen-bond acceptors (Lipinski definition) is 4. The van der Waals surface area contributed by atoms with E-state index in [2.05, 4.69) is 11.4 Å². The number of benzene rings is 1. The van der Waals surface area contributed by atoms with E-state index in [9.17, 15) is 8.42 Å². The highest BCUT2D eigenvalue weighted by molar-refractivity contribution is 7.91. The molecule has 1 aromatic heterocycles. The van der Waals surface area contributed by atoms with Crippen molar-refractivity contribution in [1.29, 1.82) is 0 Å². The Balaban J connectivity index is 2.08. The summed E-state index contributed by atoms with van der Waals surface area (Å²) in [5.74, 6) is 0.122. The number of nitrogens with one attached hydrogen (secondary N) is 1. The van der Waals surface area contributed by atoms with Crippen molar-refractivity contribution < 1.29 is 8.42 Å². The summed E-state index contributed by atoms with van der Waals surface area (Å²) < 4.78 is 24.0. The molecule has 102 valence electrons. The van der Waals surface area contributed by atoms with Crippen molar-refractivity contribution in [1.82, 2.24) is 0 Å². The van der Waals surface area contributed by atoms with Gasteiger partial charge in [0.05, 0.1) is 16.3 Å². The Morgan fingerprint density at radius 2 is 1.95 bits per heavy atom. The second-order valence-corrected chi connectivity index (χ2v) is 7.43. The summed E-state index contributed by atoms with van der Waals surface area (Å²) in [6.07, 6.45) is 0.901. The van der Waals surface area contributed by atoms with Crippen LogP contribution in [-0.4, -0.2) is 20.7 Å². The summed E-state index contributed by atoms with van der Waals surface area (Å²) in [4.78, 5) is 1.69. The Kier molecular flexibility index (Phi) is 4.61. The van der Waals surface area contributed by atoms with Crippen molar-refractivity contribution in [2.45, 2.75) is 18.2 Å². The van der Waals surface area contributed by atoms with Crippen molar-refractivity contribution in [3.63, 3.8) is 0 Å². The summed E-state index contributed by atoms with van der Waals surface area (Å²) >= 11 is 1.71. The van der Waals surface area contributed by atoms with Gasteiger partial charge in [-0.2, -0.15) is 0 Å². The number of thiophene rings is 1. The summed E-state index contributed by atoms with van der Waals surface area (Å²) in [7, 11) is -3.17. The van der Waals surface area contributed by atoms with Crippen LogP contribution in [0.15, 0.2) is 46.7 Å². The van der Waals surface area contributed by atoms with Crippen molar-refractivity contribution in [3.8, 4) is 0 Å². The molecule has 0 bridgehead atoms. The van der Waals surface area contributed by atoms with Crippen LogP contribution in [0.4, 0.5) is 5.69 Å². The van der Waals surface area contributed by atoms with E-state index in [1.807, 2.05) is 23.6 Å². The van der Waals surface area contributed by atoms with Gasteiger partial charge < -0.3 is 5.32 Å². The molecule has 0 fully saturated rings. The first kappa shape index (κ1) is 14.1. The molecule has 2 rings (SSSR count). The first-order valence-electron chi connectivity index (χ1n) is 6.21. The predicted molar refractivity (Wildman–Crippen MR) is 80.7 cm³/mol. The van der Waals surface area contributed by atoms with Crippen molar-refractivity contribution in [2.24, 2.45) is 0 Å².